The summed E-state index contributed by atoms with van der Waals surface area (Å²) in [4.78, 5) is 42.0. The molecule has 1 atom stereocenters. The number of hydrogen-bond donors (Lipinski definition) is 3. The number of anilines is 2. The van der Waals surface area contributed by atoms with E-state index < -0.39 is 0 Å². The second-order valence-corrected chi connectivity index (χ2v) is 10.9. The molecule has 1 saturated carbocycles. The van der Waals surface area contributed by atoms with E-state index in [0.29, 0.717) is 42.9 Å². The Bertz CT molecular complexity index is 1350. The van der Waals surface area contributed by atoms with Crippen LogP contribution >= 0.6 is 0 Å². The number of benzene rings is 3. The molecule has 1 heterocycles. The van der Waals surface area contributed by atoms with Crippen LogP contribution in [0.25, 0.3) is 0 Å². The fraction of sp³-hybridized carbons (Fsp3) is 0.364. The van der Waals surface area contributed by atoms with E-state index in [-0.39, 0.29) is 36.1 Å². The van der Waals surface area contributed by atoms with Crippen molar-refractivity contribution >= 4 is 29.1 Å². The van der Waals surface area contributed by atoms with Gasteiger partial charge in [0.25, 0.3) is 5.91 Å². The van der Waals surface area contributed by atoms with E-state index in [9.17, 15) is 14.4 Å². The molecule has 40 heavy (non-hydrogen) atoms. The standard InChI is InChI=1S/C33H38N4O3/c34-21-24-10-7-11-25(18-24)22-35-33(40)27-15-16-29-28(19-27)36-31(38)20-30(26-12-5-2-6-13-26)37(29)32(39)17-14-23-8-3-1-4-9-23/h1,3-4,7-11,15-16,18-19,26,30H,2,5-6,12-14,17,20-22,34H2,(H,35,40)(H,36,38). The van der Waals surface area contributed by atoms with Crippen LogP contribution in [0.2, 0.25) is 0 Å². The molecule has 0 bridgehead atoms. The predicted octanol–water partition coefficient (Wildman–Crippen LogP) is 5.33. The number of carbonyl (C=O) groups is 3. The molecule has 4 N–H and O–H groups in total. The third kappa shape index (κ3) is 6.59. The summed E-state index contributed by atoms with van der Waals surface area (Å²) in [6.45, 7) is 0.804. The van der Waals surface area contributed by atoms with Gasteiger partial charge >= 0.3 is 0 Å². The normalized spacial score (nSPS) is 17.5. The number of rotatable bonds is 8. The van der Waals surface area contributed by atoms with Crippen LogP contribution in [-0.2, 0) is 29.1 Å². The lowest BCUT2D eigenvalue weighted by atomic mass is 9.81. The third-order valence-corrected chi connectivity index (χ3v) is 8.13. The fourth-order valence-electron chi connectivity index (χ4n) is 6.03. The van der Waals surface area contributed by atoms with Crippen molar-refractivity contribution in [3.8, 4) is 0 Å². The Balaban J connectivity index is 1.40. The van der Waals surface area contributed by atoms with Crippen LogP contribution in [0.3, 0.4) is 0 Å². The Morgan fingerprint density at radius 1 is 0.900 bits per heavy atom. The van der Waals surface area contributed by atoms with E-state index >= 15 is 0 Å². The number of carbonyl (C=O) groups excluding carboxylic acids is 3. The van der Waals surface area contributed by atoms with E-state index in [1.54, 1.807) is 12.1 Å². The van der Waals surface area contributed by atoms with Crippen molar-refractivity contribution in [3.63, 3.8) is 0 Å². The van der Waals surface area contributed by atoms with Crippen LogP contribution in [0.15, 0.2) is 72.8 Å². The van der Waals surface area contributed by atoms with E-state index in [2.05, 4.69) is 10.6 Å². The van der Waals surface area contributed by atoms with Gasteiger partial charge in [-0.3, -0.25) is 14.4 Å². The Labute approximate surface area is 236 Å². The first-order valence-electron chi connectivity index (χ1n) is 14.4. The molecule has 7 nitrogen and oxygen atoms in total. The molecule has 5 rings (SSSR count). The molecule has 3 aromatic rings. The van der Waals surface area contributed by atoms with Gasteiger partial charge in [-0.15, -0.1) is 0 Å². The minimum atomic E-state index is -0.245. The SMILES string of the molecule is NCc1cccc(CNC(=O)c2ccc3c(c2)NC(=O)CC(C2CCCCC2)N3C(=O)CCc2ccccc2)c1. The Morgan fingerprint density at radius 3 is 2.42 bits per heavy atom. The summed E-state index contributed by atoms with van der Waals surface area (Å²) in [5, 5.41) is 5.97. The van der Waals surface area contributed by atoms with Crippen molar-refractivity contribution in [2.75, 3.05) is 10.2 Å². The van der Waals surface area contributed by atoms with E-state index in [0.717, 1.165) is 42.4 Å². The lowest BCUT2D eigenvalue weighted by Crippen LogP contribution is -2.46. The van der Waals surface area contributed by atoms with Gasteiger partial charge in [0, 0.05) is 37.5 Å². The van der Waals surface area contributed by atoms with Crippen LogP contribution < -0.4 is 21.3 Å². The summed E-state index contributed by atoms with van der Waals surface area (Å²) in [6, 6.07) is 22.9. The highest BCUT2D eigenvalue weighted by Gasteiger charge is 2.37. The first-order valence-corrected chi connectivity index (χ1v) is 14.4. The summed E-state index contributed by atoms with van der Waals surface area (Å²) in [6.07, 6.45) is 6.71. The van der Waals surface area contributed by atoms with Gasteiger partial charge in [0.05, 0.1) is 11.4 Å². The Kier molecular flexibility index (Phi) is 8.91. The lowest BCUT2D eigenvalue weighted by Gasteiger charge is -2.37. The molecule has 1 fully saturated rings. The van der Waals surface area contributed by atoms with Gasteiger partial charge in [-0.1, -0.05) is 73.9 Å². The lowest BCUT2D eigenvalue weighted by molar-refractivity contribution is -0.120. The highest BCUT2D eigenvalue weighted by atomic mass is 16.2. The molecule has 0 spiro atoms. The molecule has 3 amide bonds. The average molecular weight is 539 g/mol. The zero-order valence-corrected chi connectivity index (χ0v) is 22.9. The zero-order valence-electron chi connectivity index (χ0n) is 22.9. The highest BCUT2D eigenvalue weighted by Crippen LogP contribution is 2.39. The van der Waals surface area contributed by atoms with Crippen LogP contribution in [0, 0.1) is 5.92 Å². The predicted molar refractivity (Wildman–Crippen MR) is 158 cm³/mol. The Hall–Kier alpha value is -3.97. The largest absolute Gasteiger partial charge is 0.348 e. The van der Waals surface area contributed by atoms with Crippen molar-refractivity contribution < 1.29 is 14.4 Å². The smallest absolute Gasteiger partial charge is 0.251 e. The monoisotopic (exact) mass is 538 g/mol. The maximum atomic E-state index is 13.9. The number of fused-ring (bicyclic) bond motifs is 1. The van der Waals surface area contributed by atoms with Crippen molar-refractivity contribution in [1.82, 2.24) is 5.32 Å². The van der Waals surface area contributed by atoms with Crippen LogP contribution in [0.4, 0.5) is 11.4 Å². The first-order chi connectivity index (χ1) is 19.5. The minimum Gasteiger partial charge on any atom is -0.348 e. The summed E-state index contributed by atoms with van der Waals surface area (Å²) in [7, 11) is 0. The number of nitrogens with two attached hydrogens (primary N) is 1. The van der Waals surface area contributed by atoms with Gasteiger partial charge < -0.3 is 21.3 Å². The van der Waals surface area contributed by atoms with Crippen LogP contribution in [0.5, 0.6) is 0 Å². The van der Waals surface area contributed by atoms with Crippen LogP contribution in [-0.4, -0.2) is 23.8 Å². The minimum absolute atomic E-state index is 0.00848. The van der Waals surface area contributed by atoms with Crippen molar-refractivity contribution in [1.29, 1.82) is 0 Å². The first kappa shape index (κ1) is 27.6. The van der Waals surface area contributed by atoms with Gasteiger partial charge in [0.2, 0.25) is 11.8 Å². The highest BCUT2D eigenvalue weighted by molar-refractivity contribution is 6.06. The quantitative estimate of drug-likeness (QED) is 0.360. The fourth-order valence-corrected chi connectivity index (χ4v) is 6.03. The summed E-state index contributed by atoms with van der Waals surface area (Å²) >= 11 is 0. The summed E-state index contributed by atoms with van der Waals surface area (Å²) < 4.78 is 0. The molecule has 2 aliphatic rings. The molecule has 0 saturated heterocycles. The average Bonchev–Trinajstić information content (AvgIpc) is 3.15. The number of hydrogen-bond acceptors (Lipinski definition) is 4. The molecule has 7 heteroatoms. The summed E-state index contributed by atoms with van der Waals surface area (Å²) in [5.74, 6) is -0.0795. The molecule has 1 aliphatic heterocycles. The Morgan fingerprint density at radius 2 is 1.65 bits per heavy atom. The molecule has 3 aromatic carbocycles. The molecular weight excluding hydrogens is 500 g/mol. The number of aryl methyl sites for hydroxylation is 1. The van der Waals surface area contributed by atoms with Gasteiger partial charge in [0.1, 0.15) is 0 Å². The molecule has 0 aromatic heterocycles. The van der Waals surface area contributed by atoms with Gasteiger partial charge in [-0.2, -0.15) is 0 Å². The van der Waals surface area contributed by atoms with E-state index in [1.165, 1.54) is 6.42 Å². The molecule has 208 valence electrons. The zero-order chi connectivity index (χ0) is 27.9. The van der Waals surface area contributed by atoms with Gasteiger partial charge in [-0.25, -0.2) is 0 Å². The maximum absolute atomic E-state index is 13.9. The number of nitrogens with zero attached hydrogens (tertiary/aromatic N) is 1. The third-order valence-electron chi connectivity index (χ3n) is 8.13. The van der Waals surface area contributed by atoms with Crippen LogP contribution in [0.1, 0.15) is 72.0 Å². The van der Waals surface area contributed by atoms with Crippen molar-refractivity contribution in [2.45, 2.75) is 70.5 Å². The number of nitrogens with one attached hydrogen (secondary N) is 2. The number of amides is 3. The van der Waals surface area contributed by atoms with Crippen molar-refractivity contribution in [3.05, 3.63) is 95.1 Å². The van der Waals surface area contributed by atoms with E-state index in [4.69, 9.17) is 5.73 Å². The topological polar surface area (TPSA) is 105 Å². The van der Waals surface area contributed by atoms with Gasteiger partial charge in [-0.05, 0) is 60.1 Å². The van der Waals surface area contributed by atoms with E-state index in [1.807, 2.05) is 65.6 Å². The van der Waals surface area contributed by atoms with Crippen molar-refractivity contribution in [2.24, 2.45) is 11.7 Å². The molecule has 1 aliphatic carbocycles. The van der Waals surface area contributed by atoms with Gasteiger partial charge in [0.15, 0.2) is 0 Å². The molecular formula is C33H38N4O3. The molecule has 1 unspecified atom stereocenters. The second kappa shape index (κ2) is 12.9. The molecule has 0 radical (unpaired) electrons. The second-order valence-electron chi connectivity index (χ2n) is 10.9. The summed E-state index contributed by atoms with van der Waals surface area (Å²) in [5.41, 5.74) is 10.4. The maximum Gasteiger partial charge on any atom is 0.251 e.